The fourth-order valence-electron chi connectivity index (χ4n) is 3.19. The fourth-order valence-corrected chi connectivity index (χ4v) is 4.93. The van der Waals surface area contributed by atoms with Crippen molar-refractivity contribution in [2.75, 3.05) is 5.32 Å². The summed E-state index contributed by atoms with van der Waals surface area (Å²) < 4.78 is 3.08. The number of benzene rings is 2. The third kappa shape index (κ3) is 3.19. The molecule has 3 aromatic heterocycles. The van der Waals surface area contributed by atoms with Crippen LogP contribution in [0.4, 0.5) is 5.69 Å². The van der Waals surface area contributed by atoms with Crippen LogP contribution in [-0.2, 0) is 11.2 Å². The Morgan fingerprint density at radius 3 is 2.86 bits per heavy atom. The Morgan fingerprint density at radius 2 is 2.00 bits per heavy atom. The zero-order valence-electron chi connectivity index (χ0n) is 15.0. The van der Waals surface area contributed by atoms with E-state index in [2.05, 4.69) is 15.3 Å². The summed E-state index contributed by atoms with van der Waals surface area (Å²) in [4.78, 5) is 22.6. The molecule has 0 fully saturated rings. The zero-order valence-corrected chi connectivity index (χ0v) is 16.7. The molecule has 2 aromatic carbocycles. The Kier molecular flexibility index (Phi) is 4.18. The van der Waals surface area contributed by atoms with Crippen molar-refractivity contribution in [1.29, 1.82) is 0 Å². The molecule has 0 atom stereocenters. The van der Waals surface area contributed by atoms with E-state index in [1.54, 1.807) is 22.7 Å². The van der Waals surface area contributed by atoms with Gasteiger partial charge in [0, 0.05) is 28.5 Å². The number of imidazole rings is 1. The topological polar surface area (TPSA) is 59.3 Å². The lowest BCUT2D eigenvalue weighted by Crippen LogP contribution is -2.15. The first-order valence-corrected chi connectivity index (χ1v) is 10.5. The largest absolute Gasteiger partial charge is 0.326 e. The van der Waals surface area contributed by atoms with Gasteiger partial charge in [-0.2, -0.15) is 0 Å². The molecule has 5 nitrogen and oxygen atoms in total. The number of fused-ring (bicyclic) bond motifs is 2. The summed E-state index contributed by atoms with van der Waals surface area (Å²) in [6.45, 7) is 1.99. The number of aryl methyl sites for hydroxylation is 1. The van der Waals surface area contributed by atoms with Gasteiger partial charge in [-0.05, 0) is 25.1 Å². The number of nitrogens with zero attached hydrogens (tertiary/aromatic N) is 3. The summed E-state index contributed by atoms with van der Waals surface area (Å²) in [6, 6.07) is 15.9. The molecule has 28 heavy (non-hydrogen) atoms. The molecule has 7 heteroatoms. The van der Waals surface area contributed by atoms with Gasteiger partial charge in [-0.1, -0.05) is 30.3 Å². The molecule has 0 saturated heterocycles. The third-order valence-electron chi connectivity index (χ3n) is 4.47. The lowest BCUT2D eigenvalue weighted by atomic mass is 10.2. The summed E-state index contributed by atoms with van der Waals surface area (Å²) >= 11 is 3.18. The van der Waals surface area contributed by atoms with Crippen LogP contribution >= 0.6 is 22.7 Å². The maximum absolute atomic E-state index is 12.6. The highest BCUT2D eigenvalue weighted by molar-refractivity contribution is 7.18. The number of anilines is 1. The van der Waals surface area contributed by atoms with Gasteiger partial charge in [-0.25, -0.2) is 9.97 Å². The summed E-state index contributed by atoms with van der Waals surface area (Å²) in [7, 11) is 0. The predicted octanol–water partition coefficient (Wildman–Crippen LogP) is 5.16. The number of carbonyl (C=O) groups is 1. The predicted molar refractivity (Wildman–Crippen MR) is 115 cm³/mol. The normalized spacial score (nSPS) is 11.3. The second-order valence-electron chi connectivity index (χ2n) is 6.51. The van der Waals surface area contributed by atoms with Gasteiger partial charge in [-0.3, -0.25) is 9.20 Å². The number of carbonyl (C=O) groups excluding carboxylic acids is 1. The highest BCUT2D eigenvalue weighted by Gasteiger charge is 2.13. The maximum Gasteiger partial charge on any atom is 0.230 e. The molecule has 3 heterocycles. The molecular weight excluding hydrogens is 388 g/mol. The van der Waals surface area contributed by atoms with Crippen molar-refractivity contribution in [3.05, 3.63) is 70.8 Å². The third-order valence-corrected chi connectivity index (χ3v) is 6.30. The highest BCUT2D eigenvalue weighted by Crippen LogP contribution is 2.26. The Morgan fingerprint density at radius 1 is 1.14 bits per heavy atom. The monoisotopic (exact) mass is 404 g/mol. The number of hydrogen-bond acceptors (Lipinski definition) is 5. The number of rotatable bonds is 4. The van der Waals surface area contributed by atoms with E-state index in [0.717, 1.165) is 42.8 Å². The van der Waals surface area contributed by atoms with Crippen molar-refractivity contribution in [2.24, 2.45) is 0 Å². The lowest BCUT2D eigenvalue weighted by Gasteiger charge is -2.05. The molecule has 5 rings (SSSR count). The minimum Gasteiger partial charge on any atom is -0.326 e. The van der Waals surface area contributed by atoms with Crippen LogP contribution < -0.4 is 5.32 Å². The van der Waals surface area contributed by atoms with Crippen LogP contribution in [0.3, 0.4) is 0 Å². The molecule has 0 bridgehead atoms. The number of hydrogen-bond donors (Lipinski definition) is 1. The van der Waals surface area contributed by atoms with E-state index in [1.165, 1.54) is 0 Å². The van der Waals surface area contributed by atoms with Crippen molar-refractivity contribution < 1.29 is 4.79 Å². The first-order valence-electron chi connectivity index (χ1n) is 8.84. The summed E-state index contributed by atoms with van der Waals surface area (Å²) in [5.74, 6) is -0.0461. The smallest absolute Gasteiger partial charge is 0.230 e. The molecule has 0 aliphatic carbocycles. The van der Waals surface area contributed by atoms with Crippen molar-refractivity contribution in [1.82, 2.24) is 14.4 Å². The minimum atomic E-state index is -0.0461. The Hall–Kier alpha value is -3.03. The molecule has 0 aliphatic rings. The van der Waals surface area contributed by atoms with Gasteiger partial charge >= 0.3 is 0 Å². The van der Waals surface area contributed by atoms with Gasteiger partial charge in [-0.15, -0.1) is 22.7 Å². The van der Waals surface area contributed by atoms with Crippen LogP contribution in [0, 0.1) is 6.92 Å². The lowest BCUT2D eigenvalue weighted by molar-refractivity contribution is -0.115. The van der Waals surface area contributed by atoms with E-state index in [-0.39, 0.29) is 5.91 Å². The molecule has 1 amide bonds. The average molecular weight is 405 g/mol. The Labute approximate surface area is 169 Å². The molecule has 0 unspecified atom stereocenters. The molecule has 138 valence electrons. The van der Waals surface area contributed by atoms with Gasteiger partial charge in [0.05, 0.1) is 27.3 Å². The number of amides is 1. The highest BCUT2D eigenvalue weighted by atomic mass is 32.1. The molecule has 0 radical (unpaired) electrons. The Balaban J connectivity index is 1.36. The van der Waals surface area contributed by atoms with Crippen LogP contribution in [0.15, 0.2) is 60.1 Å². The van der Waals surface area contributed by atoms with Crippen LogP contribution in [0.2, 0.25) is 0 Å². The zero-order chi connectivity index (χ0) is 19.1. The van der Waals surface area contributed by atoms with Crippen LogP contribution in [-0.4, -0.2) is 20.3 Å². The van der Waals surface area contributed by atoms with Gasteiger partial charge in [0.2, 0.25) is 5.91 Å². The summed E-state index contributed by atoms with van der Waals surface area (Å²) in [6.07, 6.45) is 2.29. The van der Waals surface area contributed by atoms with Gasteiger partial charge < -0.3 is 5.32 Å². The van der Waals surface area contributed by atoms with Crippen molar-refractivity contribution in [3.63, 3.8) is 0 Å². The van der Waals surface area contributed by atoms with Crippen molar-refractivity contribution in [3.8, 4) is 11.3 Å². The first-order chi connectivity index (χ1) is 13.7. The van der Waals surface area contributed by atoms with Crippen LogP contribution in [0.1, 0.15) is 10.7 Å². The van der Waals surface area contributed by atoms with E-state index in [1.807, 2.05) is 71.4 Å². The SMILES string of the molecule is Cc1nc2ccc(NC(=O)Cc3csc4nc(-c5ccccc5)cn34)cc2s1. The van der Waals surface area contributed by atoms with Gasteiger partial charge in [0.15, 0.2) is 4.96 Å². The van der Waals surface area contributed by atoms with E-state index < -0.39 is 0 Å². The second-order valence-corrected chi connectivity index (χ2v) is 8.58. The van der Waals surface area contributed by atoms with Gasteiger partial charge in [0.1, 0.15) is 0 Å². The van der Waals surface area contributed by atoms with Crippen LogP contribution in [0.5, 0.6) is 0 Å². The van der Waals surface area contributed by atoms with Gasteiger partial charge in [0.25, 0.3) is 0 Å². The minimum absolute atomic E-state index is 0.0461. The average Bonchev–Trinajstić information content (AvgIpc) is 3.37. The van der Waals surface area contributed by atoms with Crippen LogP contribution in [0.25, 0.3) is 26.4 Å². The number of aromatic nitrogens is 3. The van der Waals surface area contributed by atoms with Crippen molar-refractivity contribution >= 4 is 49.4 Å². The molecule has 1 N–H and O–H groups in total. The van der Waals surface area contributed by atoms with E-state index in [4.69, 9.17) is 0 Å². The maximum atomic E-state index is 12.6. The molecule has 5 aromatic rings. The summed E-state index contributed by atoms with van der Waals surface area (Å²) in [5, 5.41) is 6.01. The second kappa shape index (κ2) is 6.85. The number of thiazole rings is 2. The molecule has 0 saturated carbocycles. The van der Waals surface area contributed by atoms with E-state index in [9.17, 15) is 4.79 Å². The Bertz CT molecular complexity index is 1300. The van der Waals surface area contributed by atoms with E-state index >= 15 is 0 Å². The van der Waals surface area contributed by atoms with Crippen molar-refractivity contribution in [2.45, 2.75) is 13.3 Å². The molecular formula is C21H16N4OS2. The van der Waals surface area contributed by atoms with E-state index in [0.29, 0.717) is 6.42 Å². The molecule has 0 spiro atoms. The standard InChI is InChI=1S/C21H16N4OS2/c1-13-22-17-8-7-15(9-19(17)28-13)23-20(26)10-16-12-27-21-24-18(11-25(16)21)14-5-3-2-4-6-14/h2-9,11-12H,10H2,1H3,(H,23,26). The fraction of sp³-hybridized carbons (Fsp3) is 0.0952. The first kappa shape index (κ1) is 17.1. The quantitative estimate of drug-likeness (QED) is 0.450. The summed E-state index contributed by atoms with van der Waals surface area (Å²) in [5.41, 5.74) is 4.68. The number of nitrogens with one attached hydrogen (secondary N) is 1. The molecule has 0 aliphatic heterocycles.